The molecule has 0 radical (unpaired) electrons. The molecular weight excluding hydrogens is 218 g/mol. The quantitative estimate of drug-likeness (QED) is 0.556. The highest BCUT2D eigenvalue weighted by atomic mass is 16.5. The van der Waals surface area contributed by atoms with Crippen LogP contribution >= 0.6 is 0 Å². The van der Waals surface area contributed by atoms with Gasteiger partial charge in [-0.15, -0.1) is 0 Å². The number of hydrogen-bond acceptors (Lipinski definition) is 4. The van der Waals surface area contributed by atoms with Gasteiger partial charge in [0.2, 0.25) is 0 Å². The van der Waals surface area contributed by atoms with Crippen molar-refractivity contribution in [2.75, 3.05) is 0 Å². The molecule has 0 heterocycles. The summed E-state index contributed by atoms with van der Waals surface area (Å²) < 4.78 is 5.50. The van der Waals surface area contributed by atoms with Crippen LogP contribution in [-0.2, 0) is 11.3 Å². The number of aromatic hydroxyl groups is 2. The first-order valence-corrected chi connectivity index (χ1v) is 5.40. The summed E-state index contributed by atoms with van der Waals surface area (Å²) in [5, 5.41) is 21.5. The van der Waals surface area contributed by atoms with Gasteiger partial charge >= 0.3 is 0 Å². The lowest BCUT2D eigenvalue weighted by molar-refractivity contribution is 0.0410. The highest BCUT2D eigenvalue weighted by molar-refractivity contribution is 5.40. The molecule has 0 bridgehead atoms. The fraction of sp³-hybridized carbons (Fsp3) is 0.385. The molecule has 1 rings (SSSR count). The maximum Gasteiger partial charge on any atom is 0.180 e. The molecule has 17 heavy (non-hydrogen) atoms. The van der Waals surface area contributed by atoms with Gasteiger partial charge in [-0.05, 0) is 45.0 Å². The third-order valence-electron chi connectivity index (χ3n) is 1.96. The SMILES string of the molecule is C=C(NCc1ccc(O)c(O)c1)OC(C)(C)C. The van der Waals surface area contributed by atoms with E-state index in [0.717, 1.165) is 5.56 Å². The Balaban J connectivity index is 2.50. The normalized spacial score (nSPS) is 11.0. The van der Waals surface area contributed by atoms with E-state index in [0.29, 0.717) is 12.4 Å². The van der Waals surface area contributed by atoms with E-state index in [9.17, 15) is 5.11 Å². The first-order valence-electron chi connectivity index (χ1n) is 5.40. The van der Waals surface area contributed by atoms with Crippen LogP contribution in [0.25, 0.3) is 0 Å². The smallest absolute Gasteiger partial charge is 0.180 e. The lowest BCUT2D eigenvalue weighted by Crippen LogP contribution is -2.25. The Morgan fingerprint density at radius 2 is 1.94 bits per heavy atom. The van der Waals surface area contributed by atoms with Crippen LogP contribution in [0.3, 0.4) is 0 Å². The van der Waals surface area contributed by atoms with Gasteiger partial charge in [0.15, 0.2) is 17.4 Å². The highest BCUT2D eigenvalue weighted by Crippen LogP contribution is 2.24. The largest absolute Gasteiger partial charge is 0.504 e. The molecule has 4 heteroatoms. The van der Waals surface area contributed by atoms with Gasteiger partial charge in [-0.1, -0.05) is 6.07 Å². The number of phenols is 2. The lowest BCUT2D eigenvalue weighted by atomic mass is 10.2. The van der Waals surface area contributed by atoms with Gasteiger partial charge in [0.25, 0.3) is 0 Å². The van der Waals surface area contributed by atoms with Crippen LogP contribution in [0.15, 0.2) is 30.7 Å². The van der Waals surface area contributed by atoms with Crippen molar-refractivity contribution in [1.82, 2.24) is 5.32 Å². The third kappa shape index (κ3) is 4.68. The van der Waals surface area contributed by atoms with Gasteiger partial charge in [-0.3, -0.25) is 0 Å². The molecule has 0 saturated carbocycles. The van der Waals surface area contributed by atoms with Crippen molar-refractivity contribution in [3.63, 3.8) is 0 Å². The molecule has 0 spiro atoms. The highest BCUT2D eigenvalue weighted by Gasteiger charge is 2.12. The van der Waals surface area contributed by atoms with E-state index in [4.69, 9.17) is 9.84 Å². The summed E-state index contributed by atoms with van der Waals surface area (Å²) in [7, 11) is 0. The molecule has 0 aliphatic rings. The van der Waals surface area contributed by atoms with E-state index in [1.807, 2.05) is 20.8 Å². The summed E-state index contributed by atoms with van der Waals surface area (Å²) in [5.74, 6) is 0.218. The van der Waals surface area contributed by atoms with Gasteiger partial charge in [-0.25, -0.2) is 0 Å². The number of benzene rings is 1. The molecule has 94 valence electrons. The Labute approximate surface area is 102 Å². The Bertz CT molecular complexity index is 408. The predicted molar refractivity (Wildman–Crippen MR) is 66.6 cm³/mol. The summed E-state index contributed by atoms with van der Waals surface area (Å²) in [6.45, 7) is 10.0. The van der Waals surface area contributed by atoms with Crippen molar-refractivity contribution in [3.8, 4) is 11.5 Å². The van der Waals surface area contributed by atoms with E-state index in [1.54, 1.807) is 6.07 Å². The maximum atomic E-state index is 9.32. The van der Waals surface area contributed by atoms with E-state index < -0.39 is 0 Å². The fourth-order valence-electron chi connectivity index (χ4n) is 1.29. The minimum atomic E-state index is -0.290. The first-order chi connectivity index (χ1) is 7.78. The second-order valence-corrected chi connectivity index (χ2v) is 4.81. The number of rotatable bonds is 4. The lowest BCUT2D eigenvalue weighted by Gasteiger charge is -2.23. The monoisotopic (exact) mass is 237 g/mol. The van der Waals surface area contributed by atoms with Crippen molar-refractivity contribution in [1.29, 1.82) is 0 Å². The summed E-state index contributed by atoms with van der Waals surface area (Å²) >= 11 is 0. The Morgan fingerprint density at radius 1 is 1.29 bits per heavy atom. The summed E-state index contributed by atoms with van der Waals surface area (Å²) in [6.07, 6.45) is 0. The number of ether oxygens (including phenoxy) is 1. The first kappa shape index (κ1) is 13.2. The van der Waals surface area contributed by atoms with E-state index >= 15 is 0 Å². The van der Waals surface area contributed by atoms with Crippen LogP contribution in [0.4, 0.5) is 0 Å². The summed E-state index contributed by atoms with van der Waals surface area (Å²) in [6, 6.07) is 4.65. The molecule has 1 aromatic carbocycles. The van der Waals surface area contributed by atoms with Crippen LogP contribution < -0.4 is 5.32 Å². The summed E-state index contributed by atoms with van der Waals surface area (Å²) in [4.78, 5) is 0. The molecule has 0 aromatic heterocycles. The average molecular weight is 237 g/mol. The molecular formula is C13H19NO3. The van der Waals surface area contributed by atoms with Crippen molar-refractivity contribution in [2.24, 2.45) is 0 Å². The minimum absolute atomic E-state index is 0.126. The molecule has 4 nitrogen and oxygen atoms in total. The van der Waals surface area contributed by atoms with E-state index in [2.05, 4.69) is 11.9 Å². The molecule has 3 N–H and O–H groups in total. The van der Waals surface area contributed by atoms with Gasteiger partial charge in [-0.2, -0.15) is 0 Å². The standard InChI is InChI=1S/C13H19NO3/c1-9(17-13(2,3)4)14-8-10-5-6-11(15)12(16)7-10/h5-7,14-16H,1,8H2,2-4H3. The number of hydrogen-bond donors (Lipinski definition) is 3. The van der Waals surface area contributed by atoms with E-state index in [1.165, 1.54) is 12.1 Å². The third-order valence-corrected chi connectivity index (χ3v) is 1.96. The molecule has 1 aromatic rings. The van der Waals surface area contributed by atoms with Gasteiger partial charge in [0.05, 0.1) is 0 Å². The van der Waals surface area contributed by atoms with Gasteiger partial charge in [0.1, 0.15) is 5.60 Å². The van der Waals surface area contributed by atoms with Gasteiger partial charge < -0.3 is 20.3 Å². The fourth-order valence-corrected chi connectivity index (χ4v) is 1.29. The molecule has 0 aliphatic heterocycles. The van der Waals surface area contributed by atoms with Crippen molar-refractivity contribution in [3.05, 3.63) is 36.2 Å². The Morgan fingerprint density at radius 3 is 2.47 bits per heavy atom. The molecule has 0 amide bonds. The minimum Gasteiger partial charge on any atom is -0.504 e. The maximum absolute atomic E-state index is 9.32. The topological polar surface area (TPSA) is 61.7 Å². The van der Waals surface area contributed by atoms with Crippen LogP contribution in [-0.4, -0.2) is 15.8 Å². The average Bonchev–Trinajstić information content (AvgIpc) is 2.17. The van der Waals surface area contributed by atoms with Crippen LogP contribution in [0.2, 0.25) is 0 Å². The van der Waals surface area contributed by atoms with Crippen molar-refractivity contribution in [2.45, 2.75) is 32.9 Å². The van der Waals surface area contributed by atoms with Crippen LogP contribution in [0.5, 0.6) is 11.5 Å². The Hall–Kier alpha value is -1.84. The molecule has 0 unspecified atom stereocenters. The van der Waals surface area contributed by atoms with Gasteiger partial charge in [0, 0.05) is 6.54 Å². The van der Waals surface area contributed by atoms with E-state index in [-0.39, 0.29) is 17.1 Å². The second-order valence-electron chi connectivity index (χ2n) is 4.81. The summed E-state index contributed by atoms with van der Waals surface area (Å²) in [5.41, 5.74) is 0.542. The molecule has 0 atom stereocenters. The van der Waals surface area contributed by atoms with Crippen molar-refractivity contribution < 1.29 is 14.9 Å². The second kappa shape index (κ2) is 4.99. The zero-order valence-corrected chi connectivity index (χ0v) is 10.4. The zero-order valence-electron chi connectivity index (χ0n) is 10.4. The molecule has 0 saturated heterocycles. The molecule has 0 fully saturated rings. The Kier molecular flexibility index (Phi) is 3.89. The van der Waals surface area contributed by atoms with Crippen LogP contribution in [0.1, 0.15) is 26.3 Å². The van der Waals surface area contributed by atoms with Crippen molar-refractivity contribution >= 4 is 0 Å². The van der Waals surface area contributed by atoms with Crippen LogP contribution in [0, 0.1) is 0 Å². The number of phenolic OH excluding ortho intramolecular Hbond substituents is 2. The number of nitrogens with one attached hydrogen (secondary N) is 1. The molecule has 0 aliphatic carbocycles. The zero-order chi connectivity index (χ0) is 13.1. The predicted octanol–water partition coefficient (Wildman–Crippen LogP) is 2.47.